The first kappa shape index (κ1) is 18.7. The topological polar surface area (TPSA) is 82.5 Å². The molecule has 1 fully saturated rings. The maximum Gasteiger partial charge on any atom is 0.261 e. The SMILES string of the molecule is N=C(CN1C(=O)c2ccccc2C1=O)c1cc(Cl)ccc1NC1CCCCO1. The van der Waals surface area contributed by atoms with E-state index in [9.17, 15) is 9.59 Å². The Morgan fingerprint density at radius 3 is 2.50 bits per heavy atom. The number of carbonyl (C=O) groups excluding carboxylic acids is 2. The van der Waals surface area contributed by atoms with E-state index in [1.165, 1.54) is 0 Å². The van der Waals surface area contributed by atoms with Gasteiger partial charge in [0.25, 0.3) is 11.8 Å². The van der Waals surface area contributed by atoms with Crippen LogP contribution in [0, 0.1) is 5.41 Å². The highest BCUT2D eigenvalue weighted by Gasteiger charge is 2.35. The molecule has 1 saturated heterocycles. The Morgan fingerprint density at radius 2 is 1.86 bits per heavy atom. The highest BCUT2D eigenvalue weighted by atomic mass is 35.5. The van der Waals surface area contributed by atoms with E-state index in [-0.39, 0.29) is 30.3 Å². The number of nitrogens with zero attached hydrogens (tertiary/aromatic N) is 1. The Bertz CT molecular complexity index is 919. The van der Waals surface area contributed by atoms with Gasteiger partial charge in [-0.2, -0.15) is 0 Å². The molecule has 0 aromatic heterocycles. The van der Waals surface area contributed by atoms with Crippen molar-refractivity contribution < 1.29 is 14.3 Å². The lowest BCUT2D eigenvalue weighted by Crippen LogP contribution is -2.35. The molecule has 0 bridgehead atoms. The molecule has 7 heteroatoms. The molecule has 0 radical (unpaired) electrons. The van der Waals surface area contributed by atoms with Gasteiger partial charge >= 0.3 is 0 Å². The zero-order valence-electron chi connectivity index (χ0n) is 15.2. The molecule has 0 saturated carbocycles. The molecule has 2 amide bonds. The van der Waals surface area contributed by atoms with Crippen molar-refractivity contribution in [3.63, 3.8) is 0 Å². The number of rotatable bonds is 5. The maximum atomic E-state index is 12.6. The number of halogens is 1. The van der Waals surface area contributed by atoms with Gasteiger partial charge in [0.2, 0.25) is 0 Å². The van der Waals surface area contributed by atoms with E-state index in [2.05, 4.69) is 5.32 Å². The number of amides is 2. The number of anilines is 1. The average Bonchev–Trinajstić information content (AvgIpc) is 2.95. The Balaban J connectivity index is 1.56. The average molecular weight is 398 g/mol. The van der Waals surface area contributed by atoms with Gasteiger partial charge in [-0.25, -0.2) is 0 Å². The van der Waals surface area contributed by atoms with Crippen LogP contribution in [0.2, 0.25) is 5.02 Å². The molecule has 2 aliphatic rings. The smallest absolute Gasteiger partial charge is 0.261 e. The van der Waals surface area contributed by atoms with Crippen LogP contribution in [-0.4, -0.2) is 41.8 Å². The molecule has 2 aliphatic heterocycles. The molecule has 2 heterocycles. The van der Waals surface area contributed by atoms with Crippen molar-refractivity contribution >= 4 is 34.8 Å². The van der Waals surface area contributed by atoms with Crippen LogP contribution in [0.4, 0.5) is 5.69 Å². The number of carbonyl (C=O) groups is 2. The Hall–Kier alpha value is -2.70. The fourth-order valence-electron chi connectivity index (χ4n) is 3.55. The van der Waals surface area contributed by atoms with E-state index in [4.69, 9.17) is 21.7 Å². The molecule has 0 spiro atoms. The van der Waals surface area contributed by atoms with E-state index in [1.54, 1.807) is 42.5 Å². The minimum absolute atomic E-state index is 0.118. The Kier molecular flexibility index (Phi) is 5.15. The highest BCUT2D eigenvalue weighted by molar-refractivity contribution is 6.31. The molecule has 2 aromatic carbocycles. The molecule has 1 unspecified atom stereocenters. The van der Waals surface area contributed by atoms with Crippen molar-refractivity contribution in [2.24, 2.45) is 0 Å². The second-order valence-electron chi connectivity index (χ2n) is 6.91. The summed E-state index contributed by atoms with van der Waals surface area (Å²) in [6.07, 6.45) is 2.88. The Morgan fingerprint density at radius 1 is 1.14 bits per heavy atom. The number of hydrogen-bond acceptors (Lipinski definition) is 5. The normalized spacial score (nSPS) is 18.9. The lowest BCUT2D eigenvalue weighted by atomic mass is 10.1. The van der Waals surface area contributed by atoms with Crippen LogP contribution >= 0.6 is 11.6 Å². The summed E-state index contributed by atoms with van der Waals surface area (Å²) in [5.41, 5.74) is 2.15. The van der Waals surface area contributed by atoms with E-state index in [0.717, 1.165) is 24.2 Å². The maximum absolute atomic E-state index is 12.6. The van der Waals surface area contributed by atoms with E-state index in [0.29, 0.717) is 34.0 Å². The fourth-order valence-corrected chi connectivity index (χ4v) is 3.72. The van der Waals surface area contributed by atoms with Gasteiger partial charge in [0.15, 0.2) is 0 Å². The molecular formula is C21H20ClN3O3. The van der Waals surface area contributed by atoms with Crippen LogP contribution in [0.3, 0.4) is 0 Å². The van der Waals surface area contributed by atoms with E-state index < -0.39 is 0 Å². The summed E-state index contributed by atoms with van der Waals surface area (Å²) in [6.45, 7) is 0.583. The quantitative estimate of drug-likeness (QED) is 0.591. The monoisotopic (exact) mass is 397 g/mol. The molecule has 6 nitrogen and oxygen atoms in total. The van der Waals surface area contributed by atoms with Crippen molar-refractivity contribution in [1.29, 1.82) is 5.41 Å². The number of imide groups is 1. The molecular weight excluding hydrogens is 378 g/mol. The number of hydrogen-bond donors (Lipinski definition) is 2. The van der Waals surface area contributed by atoms with Crippen LogP contribution in [0.25, 0.3) is 0 Å². The third-order valence-corrected chi connectivity index (χ3v) is 5.23. The standard InChI is InChI=1S/C21H20ClN3O3/c22-13-8-9-18(24-19-7-3-4-10-28-19)16(11-13)17(23)12-25-20(26)14-5-1-2-6-15(14)21(25)27/h1-2,5-6,8-9,11,19,23-24H,3-4,7,10,12H2. The van der Waals surface area contributed by atoms with Crippen LogP contribution < -0.4 is 5.32 Å². The number of nitrogens with one attached hydrogen (secondary N) is 2. The van der Waals surface area contributed by atoms with Gasteiger partial charge in [-0.1, -0.05) is 23.7 Å². The summed E-state index contributed by atoms with van der Waals surface area (Å²) >= 11 is 6.15. The van der Waals surface area contributed by atoms with E-state index >= 15 is 0 Å². The molecule has 4 rings (SSSR count). The third-order valence-electron chi connectivity index (χ3n) is 5.00. The summed E-state index contributed by atoms with van der Waals surface area (Å²) in [7, 11) is 0. The second-order valence-corrected chi connectivity index (χ2v) is 7.35. The number of ether oxygens (including phenoxy) is 1. The van der Waals surface area contributed by atoms with Crippen LogP contribution in [0.15, 0.2) is 42.5 Å². The zero-order chi connectivity index (χ0) is 19.7. The molecule has 0 aliphatic carbocycles. The van der Waals surface area contributed by atoms with Crippen LogP contribution in [0.5, 0.6) is 0 Å². The van der Waals surface area contributed by atoms with Gasteiger partial charge in [0, 0.05) is 22.9 Å². The minimum Gasteiger partial charge on any atom is -0.360 e. The Labute approximate surface area is 167 Å². The summed E-state index contributed by atoms with van der Waals surface area (Å²) < 4.78 is 5.72. The van der Waals surface area contributed by atoms with Gasteiger partial charge < -0.3 is 15.5 Å². The number of fused-ring (bicyclic) bond motifs is 1. The second kappa shape index (κ2) is 7.73. The summed E-state index contributed by atoms with van der Waals surface area (Å²) in [6, 6.07) is 11.9. The molecule has 2 aromatic rings. The first-order valence-electron chi connectivity index (χ1n) is 9.25. The first-order chi connectivity index (χ1) is 13.5. The molecule has 144 valence electrons. The first-order valence-corrected chi connectivity index (χ1v) is 9.63. The van der Waals surface area contributed by atoms with Crippen molar-refractivity contribution in [2.45, 2.75) is 25.5 Å². The predicted molar refractivity (Wildman–Crippen MR) is 107 cm³/mol. The summed E-state index contributed by atoms with van der Waals surface area (Å²) in [4.78, 5) is 26.3. The van der Waals surface area contributed by atoms with Crippen molar-refractivity contribution in [2.75, 3.05) is 18.5 Å². The van der Waals surface area contributed by atoms with Gasteiger partial charge in [-0.3, -0.25) is 14.5 Å². The van der Waals surface area contributed by atoms with E-state index in [1.807, 2.05) is 0 Å². The van der Waals surface area contributed by atoms with Gasteiger partial charge in [-0.15, -0.1) is 0 Å². The molecule has 1 atom stereocenters. The minimum atomic E-state index is -0.377. The summed E-state index contributed by atoms with van der Waals surface area (Å²) in [5, 5.41) is 12.3. The fraction of sp³-hybridized carbons (Fsp3) is 0.286. The largest absolute Gasteiger partial charge is 0.360 e. The van der Waals surface area contributed by atoms with Crippen LogP contribution in [-0.2, 0) is 4.74 Å². The lowest BCUT2D eigenvalue weighted by Gasteiger charge is -2.26. The highest BCUT2D eigenvalue weighted by Crippen LogP contribution is 2.27. The van der Waals surface area contributed by atoms with Crippen molar-refractivity contribution in [3.8, 4) is 0 Å². The van der Waals surface area contributed by atoms with Gasteiger partial charge in [0.05, 0.1) is 23.4 Å². The lowest BCUT2D eigenvalue weighted by molar-refractivity contribution is 0.0343. The van der Waals surface area contributed by atoms with Crippen molar-refractivity contribution in [1.82, 2.24) is 4.90 Å². The zero-order valence-corrected chi connectivity index (χ0v) is 16.0. The van der Waals surface area contributed by atoms with Gasteiger partial charge in [0.1, 0.15) is 6.23 Å². The number of benzene rings is 2. The van der Waals surface area contributed by atoms with Crippen molar-refractivity contribution in [3.05, 3.63) is 64.2 Å². The molecule has 28 heavy (non-hydrogen) atoms. The van der Waals surface area contributed by atoms with Crippen LogP contribution in [0.1, 0.15) is 45.5 Å². The predicted octanol–water partition coefficient (Wildman–Crippen LogP) is 3.94. The van der Waals surface area contributed by atoms with Gasteiger partial charge in [-0.05, 0) is 49.6 Å². The third kappa shape index (κ3) is 3.53. The summed E-state index contributed by atoms with van der Waals surface area (Å²) in [5.74, 6) is -0.755. The molecule has 2 N–H and O–H groups in total.